The van der Waals surface area contributed by atoms with Gasteiger partial charge in [-0.15, -0.1) is 0 Å². The second kappa shape index (κ2) is 6.05. The molecule has 0 radical (unpaired) electrons. The van der Waals surface area contributed by atoms with Crippen LogP contribution in [-0.4, -0.2) is 35.7 Å². The highest BCUT2D eigenvalue weighted by atomic mass is 19.3. The maximum Gasteiger partial charge on any atom is 0.330 e. The zero-order chi connectivity index (χ0) is 13.8. The number of pyridine rings is 1. The molecule has 1 aromatic heterocycles. The van der Waals surface area contributed by atoms with Gasteiger partial charge in [-0.05, 0) is 6.07 Å². The van der Waals surface area contributed by atoms with Gasteiger partial charge < -0.3 is 9.84 Å². The maximum atomic E-state index is 13.1. The van der Waals surface area contributed by atoms with Crippen molar-refractivity contribution < 1.29 is 31.8 Å². The topological polar surface area (TPSA) is 42.4 Å². The van der Waals surface area contributed by atoms with Gasteiger partial charge in [0, 0.05) is 11.8 Å². The molecule has 102 valence electrons. The van der Waals surface area contributed by atoms with Gasteiger partial charge in [0.05, 0.1) is 12.8 Å². The van der Waals surface area contributed by atoms with Crippen molar-refractivity contribution in [2.24, 2.45) is 0 Å². The molecule has 0 saturated heterocycles. The van der Waals surface area contributed by atoms with E-state index in [0.29, 0.717) is 0 Å². The second-order valence-corrected chi connectivity index (χ2v) is 3.49. The lowest BCUT2D eigenvalue weighted by Gasteiger charge is -2.17. The summed E-state index contributed by atoms with van der Waals surface area (Å²) < 4.78 is 65.7. The lowest BCUT2D eigenvalue weighted by Crippen LogP contribution is -2.33. The predicted molar refractivity (Wildman–Crippen MR) is 50.9 cm³/mol. The number of ether oxygens (including phenoxy) is 1. The molecule has 1 heterocycles. The lowest BCUT2D eigenvalue weighted by atomic mass is 10.1. The molecule has 3 nitrogen and oxygen atoms in total. The van der Waals surface area contributed by atoms with Gasteiger partial charge in [-0.25, -0.2) is 13.2 Å². The van der Waals surface area contributed by atoms with Gasteiger partial charge in [0.15, 0.2) is 0 Å². The van der Waals surface area contributed by atoms with Crippen LogP contribution in [0.1, 0.15) is 11.7 Å². The van der Waals surface area contributed by atoms with Gasteiger partial charge in [-0.2, -0.15) is 8.78 Å². The molecular weight excluding hydrogens is 261 g/mol. The van der Waals surface area contributed by atoms with Gasteiger partial charge in [0.25, 0.3) is 0 Å². The molecule has 0 saturated carbocycles. The SMILES string of the molecule is OC(COCC(F)(F)C(F)F)c1ccncc1F. The molecule has 1 N–H and O–H groups in total. The van der Waals surface area contributed by atoms with Crippen molar-refractivity contribution in [2.45, 2.75) is 18.5 Å². The van der Waals surface area contributed by atoms with E-state index in [1.165, 1.54) is 6.20 Å². The first-order valence-corrected chi connectivity index (χ1v) is 4.86. The molecule has 0 bridgehead atoms. The third kappa shape index (κ3) is 3.88. The number of rotatable bonds is 6. The molecule has 0 aliphatic heterocycles. The van der Waals surface area contributed by atoms with Crippen molar-refractivity contribution in [3.8, 4) is 0 Å². The van der Waals surface area contributed by atoms with Crippen LogP contribution in [0.25, 0.3) is 0 Å². The number of aliphatic hydroxyl groups excluding tert-OH is 1. The normalized spacial score (nSPS) is 13.9. The molecule has 0 aliphatic rings. The first kappa shape index (κ1) is 14.8. The number of halogens is 5. The van der Waals surface area contributed by atoms with E-state index < -0.39 is 37.5 Å². The van der Waals surface area contributed by atoms with Crippen LogP contribution in [0.4, 0.5) is 22.0 Å². The Hall–Kier alpha value is -1.28. The largest absolute Gasteiger partial charge is 0.386 e. The molecule has 1 rings (SSSR count). The Morgan fingerprint density at radius 3 is 2.61 bits per heavy atom. The van der Waals surface area contributed by atoms with Crippen molar-refractivity contribution in [3.05, 3.63) is 29.8 Å². The zero-order valence-electron chi connectivity index (χ0n) is 8.99. The fraction of sp³-hybridized carbons (Fsp3) is 0.500. The van der Waals surface area contributed by atoms with Gasteiger partial charge in [0.1, 0.15) is 18.5 Å². The van der Waals surface area contributed by atoms with E-state index in [0.717, 1.165) is 12.3 Å². The van der Waals surface area contributed by atoms with Gasteiger partial charge >= 0.3 is 12.3 Å². The van der Waals surface area contributed by atoms with E-state index in [9.17, 15) is 27.1 Å². The number of alkyl halides is 4. The molecule has 0 spiro atoms. The smallest absolute Gasteiger partial charge is 0.330 e. The standard InChI is InChI=1S/C10H10F5NO2/c11-7-3-16-2-1-6(7)8(17)4-18-5-10(14,15)9(12)13/h1-3,8-9,17H,4-5H2. The third-order valence-corrected chi connectivity index (χ3v) is 2.05. The first-order chi connectivity index (χ1) is 8.34. The van der Waals surface area contributed by atoms with Crippen LogP contribution in [0.3, 0.4) is 0 Å². The van der Waals surface area contributed by atoms with Crippen LogP contribution in [0.5, 0.6) is 0 Å². The van der Waals surface area contributed by atoms with Crippen LogP contribution in [0.15, 0.2) is 18.5 Å². The van der Waals surface area contributed by atoms with Crippen LogP contribution < -0.4 is 0 Å². The summed E-state index contributed by atoms with van der Waals surface area (Å²) in [5.74, 6) is -5.13. The zero-order valence-corrected chi connectivity index (χ0v) is 8.99. The van der Waals surface area contributed by atoms with Gasteiger partial charge in [-0.3, -0.25) is 4.98 Å². The summed E-state index contributed by atoms with van der Waals surface area (Å²) >= 11 is 0. The highest BCUT2D eigenvalue weighted by Crippen LogP contribution is 2.24. The lowest BCUT2D eigenvalue weighted by molar-refractivity contribution is -0.170. The molecule has 0 aromatic carbocycles. The second-order valence-electron chi connectivity index (χ2n) is 3.49. The summed E-state index contributed by atoms with van der Waals surface area (Å²) in [6.45, 7) is -2.27. The molecule has 0 aliphatic carbocycles. The first-order valence-electron chi connectivity index (χ1n) is 4.86. The Kier molecular flexibility index (Phi) is 4.97. The molecule has 0 fully saturated rings. The minimum absolute atomic E-state index is 0.203. The van der Waals surface area contributed by atoms with E-state index >= 15 is 0 Å². The fourth-order valence-electron chi connectivity index (χ4n) is 1.12. The molecule has 8 heteroatoms. The van der Waals surface area contributed by atoms with Crippen molar-refractivity contribution in [3.63, 3.8) is 0 Å². The molecule has 1 atom stereocenters. The number of nitrogens with zero attached hydrogens (tertiary/aromatic N) is 1. The quantitative estimate of drug-likeness (QED) is 0.806. The van der Waals surface area contributed by atoms with Crippen LogP contribution >= 0.6 is 0 Å². The van der Waals surface area contributed by atoms with Gasteiger partial charge in [-0.1, -0.05) is 0 Å². The van der Waals surface area contributed by atoms with E-state index in [4.69, 9.17) is 0 Å². The number of aliphatic hydroxyl groups is 1. The Labute approximate surface area is 99.2 Å². The van der Waals surface area contributed by atoms with Crippen molar-refractivity contribution in [1.82, 2.24) is 4.98 Å². The third-order valence-electron chi connectivity index (χ3n) is 2.05. The molecule has 18 heavy (non-hydrogen) atoms. The summed E-state index contributed by atoms with van der Waals surface area (Å²) in [6.07, 6.45) is -3.37. The van der Waals surface area contributed by atoms with E-state index in [2.05, 4.69) is 9.72 Å². The molecule has 1 unspecified atom stereocenters. The Balaban J connectivity index is 2.48. The van der Waals surface area contributed by atoms with Gasteiger partial charge in [0.2, 0.25) is 0 Å². The van der Waals surface area contributed by atoms with E-state index in [1.54, 1.807) is 0 Å². The molecular formula is C10H10F5NO2. The molecule has 0 amide bonds. The summed E-state index contributed by atoms with van der Waals surface area (Å²) in [5.41, 5.74) is -0.203. The average molecular weight is 271 g/mol. The Morgan fingerprint density at radius 2 is 2.06 bits per heavy atom. The monoisotopic (exact) mass is 271 g/mol. The predicted octanol–water partition coefficient (Wildman–Crippen LogP) is 2.17. The van der Waals surface area contributed by atoms with Crippen LogP contribution in [-0.2, 0) is 4.74 Å². The molecule has 1 aromatic rings. The highest BCUT2D eigenvalue weighted by Gasteiger charge is 2.41. The average Bonchev–Trinajstić information content (AvgIpc) is 2.29. The summed E-state index contributed by atoms with van der Waals surface area (Å²) in [4.78, 5) is 3.42. The number of hydrogen-bond donors (Lipinski definition) is 1. The summed E-state index contributed by atoms with van der Waals surface area (Å²) in [6, 6.07) is 1.13. The minimum atomic E-state index is -4.30. The fourth-order valence-corrected chi connectivity index (χ4v) is 1.12. The van der Waals surface area contributed by atoms with E-state index in [-0.39, 0.29) is 5.56 Å². The summed E-state index contributed by atoms with van der Waals surface area (Å²) in [7, 11) is 0. The highest BCUT2D eigenvalue weighted by molar-refractivity contribution is 5.15. The summed E-state index contributed by atoms with van der Waals surface area (Å²) in [5, 5.41) is 9.41. The maximum absolute atomic E-state index is 13.1. The number of hydrogen-bond acceptors (Lipinski definition) is 3. The minimum Gasteiger partial charge on any atom is -0.386 e. The van der Waals surface area contributed by atoms with Crippen molar-refractivity contribution >= 4 is 0 Å². The van der Waals surface area contributed by atoms with Crippen LogP contribution in [0.2, 0.25) is 0 Å². The van der Waals surface area contributed by atoms with Crippen LogP contribution in [0, 0.1) is 5.82 Å². The Bertz CT molecular complexity index is 388. The Morgan fingerprint density at radius 1 is 1.39 bits per heavy atom. The van der Waals surface area contributed by atoms with E-state index in [1.807, 2.05) is 0 Å². The van der Waals surface area contributed by atoms with Crippen molar-refractivity contribution in [1.29, 1.82) is 0 Å². The van der Waals surface area contributed by atoms with Crippen molar-refractivity contribution in [2.75, 3.05) is 13.2 Å². The number of aromatic nitrogens is 1.